The molecule has 1 aliphatic rings. The molecule has 0 saturated carbocycles. The van der Waals surface area contributed by atoms with E-state index in [9.17, 15) is 0 Å². The molecule has 0 amide bonds. The third-order valence-corrected chi connectivity index (χ3v) is 4.68. The number of methoxy groups -OCH3 is 1. The Balaban J connectivity index is 2.13. The van der Waals surface area contributed by atoms with Crippen molar-refractivity contribution in [3.63, 3.8) is 0 Å². The lowest BCUT2D eigenvalue weighted by molar-refractivity contribution is 0.263. The smallest absolute Gasteiger partial charge is 0.129 e. The molecule has 0 radical (unpaired) electrons. The standard InChI is InChI=1S/C15H23N3OS/c1-10-7-18(8-11(2)20-10)9-12-4-5-14(19-3)13(6-12)15(16)17/h4-6,10-11H,7-9H2,1-3H3,(H3,16,17). The molecule has 2 rings (SSSR count). The zero-order valence-electron chi connectivity index (χ0n) is 12.3. The van der Waals surface area contributed by atoms with E-state index in [4.69, 9.17) is 15.9 Å². The van der Waals surface area contributed by atoms with Crippen LogP contribution in [0.2, 0.25) is 0 Å². The minimum absolute atomic E-state index is 0.0552. The van der Waals surface area contributed by atoms with Crippen LogP contribution in [-0.2, 0) is 6.54 Å². The number of hydrogen-bond donors (Lipinski definition) is 2. The van der Waals surface area contributed by atoms with Gasteiger partial charge in [-0.25, -0.2) is 0 Å². The second-order valence-corrected chi connectivity index (χ2v) is 7.28. The molecule has 0 spiro atoms. The van der Waals surface area contributed by atoms with Gasteiger partial charge < -0.3 is 10.5 Å². The zero-order chi connectivity index (χ0) is 14.7. The van der Waals surface area contributed by atoms with Crippen molar-refractivity contribution in [1.82, 2.24) is 4.90 Å². The average Bonchev–Trinajstić information content (AvgIpc) is 2.37. The number of hydrogen-bond acceptors (Lipinski definition) is 4. The van der Waals surface area contributed by atoms with Gasteiger partial charge >= 0.3 is 0 Å². The van der Waals surface area contributed by atoms with E-state index in [1.54, 1.807) is 7.11 Å². The number of nitrogens with one attached hydrogen (secondary N) is 1. The number of nitrogen functional groups attached to an aromatic ring is 1. The Kier molecular flexibility index (Phi) is 4.94. The van der Waals surface area contributed by atoms with Crippen LogP contribution in [0.15, 0.2) is 18.2 Å². The van der Waals surface area contributed by atoms with E-state index in [0.717, 1.165) is 19.6 Å². The predicted octanol–water partition coefficient (Wildman–Crippen LogP) is 2.31. The van der Waals surface area contributed by atoms with Crippen molar-refractivity contribution in [3.8, 4) is 5.75 Å². The van der Waals surface area contributed by atoms with Crippen molar-refractivity contribution in [2.75, 3.05) is 20.2 Å². The maximum Gasteiger partial charge on any atom is 0.129 e. The molecular weight excluding hydrogens is 270 g/mol. The minimum atomic E-state index is 0.0552. The van der Waals surface area contributed by atoms with Gasteiger partial charge in [0.15, 0.2) is 0 Å². The maximum atomic E-state index is 7.64. The molecule has 0 bridgehead atoms. The van der Waals surface area contributed by atoms with Crippen LogP contribution in [-0.4, -0.2) is 41.4 Å². The highest BCUT2D eigenvalue weighted by Crippen LogP contribution is 2.26. The van der Waals surface area contributed by atoms with Crippen molar-refractivity contribution < 1.29 is 4.74 Å². The van der Waals surface area contributed by atoms with Crippen LogP contribution in [0.3, 0.4) is 0 Å². The molecule has 1 saturated heterocycles. The molecule has 20 heavy (non-hydrogen) atoms. The summed E-state index contributed by atoms with van der Waals surface area (Å²) in [5.41, 5.74) is 7.48. The van der Waals surface area contributed by atoms with Crippen molar-refractivity contribution in [3.05, 3.63) is 29.3 Å². The number of thioether (sulfide) groups is 1. The summed E-state index contributed by atoms with van der Waals surface area (Å²) in [6.07, 6.45) is 0. The van der Waals surface area contributed by atoms with Gasteiger partial charge in [-0.3, -0.25) is 10.3 Å². The van der Waals surface area contributed by atoms with Crippen LogP contribution >= 0.6 is 11.8 Å². The summed E-state index contributed by atoms with van der Waals surface area (Å²) >= 11 is 2.05. The molecule has 1 aliphatic heterocycles. The van der Waals surface area contributed by atoms with Crippen LogP contribution < -0.4 is 10.5 Å². The van der Waals surface area contributed by atoms with Gasteiger partial charge in [0.2, 0.25) is 0 Å². The quantitative estimate of drug-likeness (QED) is 0.660. The van der Waals surface area contributed by atoms with E-state index < -0.39 is 0 Å². The Morgan fingerprint density at radius 2 is 2.05 bits per heavy atom. The predicted molar refractivity (Wildman–Crippen MR) is 85.8 cm³/mol. The van der Waals surface area contributed by atoms with Gasteiger partial charge in [0.1, 0.15) is 11.6 Å². The maximum absolute atomic E-state index is 7.64. The zero-order valence-corrected chi connectivity index (χ0v) is 13.2. The first-order valence-corrected chi connectivity index (χ1v) is 7.83. The third-order valence-electron chi connectivity index (χ3n) is 3.46. The fourth-order valence-corrected chi connectivity index (χ4v) is 4.12. The summed E-state index contributed by atoms with van der Waals surface area (Å²) in [4.78, 5) is 2.47. The lowest BCUT2D eigenvalue weighted by Gasteiger charge is -2.34. The summed E-state index contributed by atoms with van der Waals surface area (Å²) in [5.74, 6) is 0.719. The number of amidine groups is 1. The molecule has 1 heterocycles. The Morgan fingerprint density at radius 3 is 2.60 bits per heavy atom. The third kappa shape index (κ3) is 3.67. The lowest BCUT2D eigenvalue weighted by Crippen LogP contribution is -2.39. The summed E-state index contributed by atoms with van der Waals surface area (Å²) < 4.78 is 5.25. The number of ether oxygens (including phenoxy) is 1. The second-order valence-electron chi connectivity index (χ2n) is 5.40. The molecule has 5 heteroatoms. The SMILES string of the molecule is COc1ccc(CN2CC(C)SC(C)C2)cc1C(=N)N. The van der Waals surface area contributed by atoms with Gasteiger partial charge in [0.25, 0.3) is 0 Å². The second kappa shape index (κ2) is 6.50. The normalized spacial score (nSPS) is 23.6. The molecule has 1 aromatic rings. The first kappa shape index (κ1) is 15.2. The topological polar surface area (TPSA) is 62.3 Å². The largest absolute Gasteiger partial charge is 0.496 e. The molecule has 2 unspecified atom stereocenters. The van der Waals surface area contributed by atoms with Crippen LogP contribution in [0.1, 0.15) is 25.0 Å². The van der Waals surface area contributed by atoms with Gasteiger partial charge in [-0.05, 0) is 17.7 Å². The van der Waals surface area contributed by atoms with E-state index >= 15 is 0 Å². The van der Waals surface area contributed by atoms with Gasteiger partial charge in [-0.15, -0.1) is 0 Å². The highest BCUT2D eigenvalue weighted by molar-refractivity contribution is 8.00. The van der Waals surface area contributed by atoms with Gasteiger partial charge in [0.05, 0.1) is 12.7 Å². The van der Waals surface area contributed by atoms with Crippen LogP contribution in [0.4, 0.5) is 0 Å². The summed E-state index contributed by atoms with van der Waals surface area (Å²) in [6.45, 7) is 7.68. The number of nitrogens with two attached hydrogens (primary N) is 1. The van der Waals surface area contributed by atoms with Crippen LogP contribution in [0.5, 0.6) is 5.75 Å². The fraction of sp³-hybridized carbons (Fsp3) is 0.533. The minimum Gasteiger partial charge on any atom is -0.496 e. The summed E-state index contributed by atoms with van der Waals surface area (Å²) in [5, 5.41) is 8.98. The monoisotopic (exact) mass is 293 g/mol. The fourth-order valence-electron chi connectivity index (χ4n) is 2.74. The summed E-state index contributed by atoms with van der Waals surface area (Å²) in [7, 11) is 1.60. The van der Waals surface area contributed by atoms with Gasteiger partial charge in [-0.1, -0.05) is 19.9 Å². The van der Waals surface area contributed by atoms with Crippen molar-refractivity contribution in [1.29, 1.82) is 5.41 Å². The van der Waals surface area contributed by atoms with E-state index in [2.05, 4.69) is 36.6 Å². The molecule has 1 fully saturated rings. The van der Waals surface area contributed by atoms with Crippen LogP contribution in [0.25, 0.3) is 0 Å². The molecule has 2 atom stereocenters. The Labute approximate surface area is 125 Å². The van der Waals surface area contributed by atoms with Crippen molar-refractivity contribution >= 4 is 17.6 Å². The highest BCUT2D eigenvalue weighted by atomic mass is 32.2. The van der Waals surface area contributed by atoms with E-state index in [1.807, 2.05) is 12.1 Å². The van der Waals surface area contributed by atoms with E-state index in [-0.39, 0.29) is 5.84 Å². The van der Waals surface area contributed by atoms with E-state index in [0.29, 0.717) is 21.8 Å². The highest BCUT2D eigenvalue weighted by Gasteiger charge is 2.22. The van der Waals surface area contributed by atoms with Crippen LogP contribution in [0, 0.1) is 5.41 Å². The number of rotatable bonds is 4. The summed E-state index contributed by atoms with van der Waals surface area (Å²) in [6, 6.07) is 5.93. The van der Waals surface area contributed by atoms with Gasteiger partial charge in [-0.2, -0.15) is 11.8 Å². The Hall–Kier alpha value is -1.20. The molecule has 4 nitrogen and oxygen atoms in total. The molecule has 0 aromatic heterocycles. The van der Waals surface area contributed by atoms with E-state index in [1.165, 1.54) is 5.56 Å². The number of benzene rings is 1. The molecule has 1 aromatic carbocycles. The number of nitrogens with zero attached hydrogens (tertiary/aromatic N) is 1. The first-order valence-electron chi connectivity index (χ1n) is 6.88. The Morgan fingerprint density at radius 1 is 1.40 bits per heavy atom. The van der Waals surface area contributed by atoms with Gasteiger partial charge in [0, 0.05) is 30.1 Å². The molecular formula is C15H23N3OS. The van der Waals surface area contributed by atoms with Crippen molar-refractivity contribution in [2.45, 2.75) is 30.9 Å². The molecule has 3 N–H and O–H groups in total. The Bertz CT molecular complexity index is 482. The molecule has 0 aliphatic carbocycles. The van der Waals surface area contributed by atoms with Crippen molar-refractivity contribution in [2.24, 2.45) is 5.73 Å². The first-order chi connectivity index (χ1) is 9.49. The average molecular weight is 293 g/mol. The molecule has 110 valence electrons. The lowest BCUT2D eigenvalue weighted by atomic mass is 10.1.